The van der Waals surface area contributed by atoms with Crippen molar-refractivity contribution in [3.05, 3.63) is 162 Å². The van der Waals surface area contributed by atoms with E-state index in [0.717, 1.165) is 16.7 Å². The number of carboxylic acid groups (broad SMARTS) is 1. The maximum absolute atomic E-state index is 13.9. The summed E-state index contributed by atoms with van der Waals surface area (Å²) >= 11 is 0. The number of rotatable bonds is 11. The summed E-state index contributed by atoms with van der Waals surface area (Å²) in [5.41, 5.74) is 3.77. The van der Waals surface area contributed by atoms with Crippen LogP contribution in [0.2, 0.25) is 0 Å². The van der Waals surface area contributed by atoms with Crippen molar-refractivity contribution in [1.82, 2.24) is 5.32 Å². The lowest BCUT2D eigenvalue weighted by Gasteiger charge is -2.39. The molecule has 44 heavy (non-hydrogen) atoms. The van der Waals surface area contributed by atoms with E-state index >= 15 is 0 Å². The van der Waals surface area contributed by atoms with Crippen LogP contribution in [0.4, 0.5) is 5.69 Å². The molecular formula is C35H31N2O6P. The number of hydrogen-bond acceptors (Lipinski definition) is 4. The molecule has 0 aliphatic rings. The van der Waals surface area contributed by atoms with Crippen molar-refractivity contribution in [2.24, 2.45) is 0 Å². The predicted molar refractivity (Wildman–Crippen MR) is 170 cm³/mol. The van der Waals surface area contributed by atoms with Crippen LogP contribution in [-0.2, 0) is 21.1 Å². The zero-order chi connectivity index (χ0) is 31.2. The van der Waals surface area contributed by atoms with Crippen LogP contribution in [0.5, 0.6) is 0 Å². The quantitative estimate of drug-likeness (QED) is 0.112. The molecule has 1 unspecified atom stereocenters. The topological polar surface area (TPSA) is 136 Å². The van der Waals surface area contributed by atoms with Gasteiger partial charge in [-0.1, -0.05) is 115 Å². The van der Waals surface area contributed by atoms with Gasteiger partial charge in [-0.15, -0.1) is 0 Å². The van der Waals surface area contributed by atoms with Crippen molar-refractivity contribution in [1.29, 1.82) is 0 Å². The van der Waals surface area contributed by atoms with Gasteiger partial charge in [-0.3, -0.25) is 14.7 Å². The first-order chi connectivity index (χ1) is 21.2. The van der Waals surface area contributed by atoms with Gasteiger partial charge in [-0.05, 0) is 58.5 Å². The maximum atomic E-state index is 13.9. The van der Waals surface area contributed by atoms with Gasteiger partial charge >= 0.3 is 13.6 Å². The monoisotopic (exact) mass is 606 g/mol. The van der Waals surface area contributed by atoms with E-state index in [4.69, 9.17) is 0 Å². The Bertz CT molecular complexity index is 1720. The third-order valence-electron chi connectivity index (χ3n) is 7.42. The molecule has 0 fully saturated rings. The number of carboxylic acids is 1. The Balaban J connectivity index is 1.56. The van der Waals surface area contributed by atoms with E-state index in [0.29, 0.717) is 16.8 Å². The van der Waals surface area contributed by atoms with Gasteiger partial charge in [0.05, 0.1) is 11.6 Å². The highest BCUT2D eigenvalue weighted by molar-refractivity contribution is 7.53. The van der Waals surface area contributed by atoms with Crippen LogP contribution in [0, 0.1) is 0 Å². The molecule has 5 aromatic rings. The lowest BCUT2D eigenvalue weighted by molar-refractivity contribution is -0.118. The van der Waals surface area contributed by atoms with Crippen molar-refractivity contribution in [2.45, 2.75) is 17.7 Å². The number of carbonyl (C=O) groups is 2. The second-order valence-corrected chi connectivity index (χ2v) is 12.1. The first-order valence-corrected chi connectivity index (χ1v) is 15.5. The number of aromatic carboxylic acids is 1. The molecule has 0 heterocycles. The van der Waals surface area contributed by atoms with Crippen molar-refractivity contribution in [3.63, 3.8) is 0 Å². The van der Waals surface area contributed by atoms with Gasteiger partial charge in [0, 0.05) is 5.69 Å². The van der Waals surface area contributed by atoms with Crippen LogP contribution in [0.15, 0.2) is 140 Å². The molecule has 1 amide bonds. The van der Waals surface area contributed by atoms with Gasteiger partial charge in [0.15, 0.2) is 5.28 Å². The first kappa shape index (κ1) is 30.6. The van der Waals surface area contributed by atoms with E-state index in [9.17, 15) is 29.0 Å². The Hall–Kier alpha value is -4.85. The highest BCUT2D eigenvalue weighted by atomic mass is 31.2. The number of nitrogens with one attached hydrogen (secondary N) is 2. The molecule has 222 valence electrons. The second kappa shape index (κ2) is 13.2. The minimum atomic E-state index is -5.05. The molecule has 0 aliphatic heterocycles. The Morgan fingerprint density at radius 1 is 0.659 bits per heavy atom. The van der Waals surface area contributed by atoms with Gasteiger partial charge in [0.1, 0.15) is 0 Å². The average Bonchev–Trinajstić information content (AvgIpc) is 3.04. The van der Waals surface area contributed by atoms with Crippen molar-refractivity contribution >= 4 is 25.2 Å². The summed E-state index contributed by atoms with van der Waals surface area (Å²) in [6.07, 6.45) is 0.0928. The van der Waals surface area contributed by atoms with E-state index in [-0.39, 0.29) is 12.0 Å². The van der Waals surface area contributed by atoms with Crippen LogP contribution >= 0.6 is 7.60 Å². The molecule has 0 saturated carbocycles. The molecule has 1 atom stereocenters. The second-order valence-electron chi connectivity index (χ2n) is 10.3. The molecule has 0 aromatic heterocycles. The first-order valence-electron chi connectivity index (χ1n) is 13.9. The smallest absolute Gasteiger partial charge is 0.354 e. The summed E-state index contributed by atoms with van der Waals surface area (Å²) in [4.78, 5) is 47.3. The molecule has 5 N–H and O–H groups in total. The van der Waals surface area contributed by atoms with Gasteiger partial charge < -0.3 is 20.2 Å². The summed E-state index contributed by atoms with van der Waals surface area (Å²) in [5, 5.41) is 13.1. The molecule has 8 nitrogen and oxygen atoms in total. The zero-order valence-corrected chi connectivity index (χ0v) is 24.5. The van der Waals surface area contributed by atoms with E-state index < -0.39 is 30.8 Å². The molecule has 0 spiro atoms. The van der Waals surface area contributed by atoms with Crippen LogP contribution in [-0.4, -0.2) is 32.8 Å². The van der Waals surface area contributed by atoms with Crippen LogP contribution < -0.4 is 10.6 Å². The summed E-state index contributed by atoms with van der Waals surface area (Å²) < 4.78 is 13.6. The Kier molecular flexibility index (Phi) is 9.18. The van der Waals surface area contributed by atoms with Gasteiger partial charge in [0.25, 0.3) is 0 Å². The normalized spacial score (nSPS) is 12.3. The highest BCUT2D eigenvalue weighted by Crippen LogP contribution is 2.59. The van der Waals surface area contributed by atoms with E-state index in [1.54, 1.807) is 60.7 Å². The Morgan fingerprint density at radius 3 is 1.61 bits per heavy atom. The fourth-order valence-corrected chi connectivity index (χ4v) is 6.49. The Labute approximate surface area is 255 Å². The fourth-order valence-electron chi connectivity index (χ4n) is 5.20. The predicted octanol–water partition coefficient (Wildman–Crippen LogP) is 6.27. The summed E-state index contributed by atoms with van der Waals surface area (Å²) in [5.74, 6) is -1.65. The minimum absolute atomic E-state index is 0.0600. The van der Waals surface area contributed by atoms with Crippen LogP contribution in [0.1, 0.15) is 27.0 Å². The number of amides is 1. The molecule has 0 radical (unpaired) electrons. The number of anilines is 1. The van der Waals surface area contributed by atoms with Gasteiger partial charge in [0.2, 0.25) is 5.91 Å². The standard InChI is InChI=1S/C35H31N2O6P/c38-33(36-31-22-20-28(21-23-31)34(39)40)32(24-25-16-18-27(19-17-25)26-10-4-1-5-11-26)37-35(44(41,42)43,29-12-6-2-7-13-29)30-14-8-3-9-15-30/h1-23,32,37H,24H2,(H,36,38)(H,39,40)(H2,41,42,43). The van der Waals surface area contributed by atoms with Crippen molar-refractivity contribution in [2.75, 3.05) is 5.32 Å². The summed E-state index contributed by atoms with van der Waals surface area (Å²) in [6, 6.07) is 38.7. The molecule has 0 saturated heterocycles. The number of carbonyl (C=O) groups excluding carboxylic acids is 1. The highest BCUT2D eigenvalue weighted by Gasteiger charge is 2.52. The van der Waals surface area contributed by atoms with Gasteiger partial charge in [-0.2, -0.15) is 0 Å². The molecule has 5 aromatic carbocycles. The Morgan fingerprint density at radius 2 is 1.14 bits per heavy atom. The van der Waals surface area contributed by atoms with E-state index in [2.05, 4.69) is 10.6 Å². The van der Waals surface area contributed by atoms with E-state index in [1.165, 1.54) is 24.3 Å². The molecular weight excluding hydrogens is 575 g/mol. The van der Waals surface area contributed by atoms with Crippen molar-refractivity contribution < 1.29 is 29.0 Å². The van der Waals surface area contributed by atoms with Crippen molar-refractivity contribution in [3.8, 4) is 11.1 Å². The molecule has 0 bridgehead atoms. The van der Waals surface area contributed by atoms with Crippen LogP contribution in [0.25, 0.3) is 11.1 Å². The SMILES string of the molecule is O=C(O)c1ccc(NC(=O)C(Cc2ccc(-c3ccccc3)cc2)NC(c2ccccc2)(c2ccccc2)P(=O)(O)O)cc1. The lowest BCUT2D eigenvalue weighted by Crippen LogP contribution is -2.53. The number of benzene rings is 5. The minimum Gasteiger partial charge on any atom is -0.478 e. The third-order valence-corrected chi connectivity index (χ3v) is 8.94. The number of hydrogen-bond donors (Lipinski definition) is 5. The molecule has 0 aliphatic carbocycles. The molecule has 5 rings (SSSR count). The maximum Gasteiger partial charge on any atom is 0.354 e. The largest absolute Gasteiger partial charge is 0.478 e. The van der Waals surface area contributed by atoms with Gasteiger partial charge in [-0.25, -0.2) is 4.79 Å². The lowest BCUT2D eigenvalue weighted by atomic mass is 9.94. The van der Waals surface area contributed by atoms with Crippen LogP contribution in [0.3, 0.4) is 0 Å². The summed E-state index contributed by atoms with van der Waals surface area (Å²) in [7, 11) is -5.05. The zero-order valence-electron chi connectivity index (χ0n) is 23.6. The third kappa shape index (κ3) is 6.70. The van der Waals surface area contributed by atoms with E-state index in [1.807, 2.05) is 54.6 Å². The summed E-state index contributed by atoms with van der Waals surface area (Å²) in [6.45, 7) is 0. The molecule has 9 heteroatoms. The average molecular weight is 607 g/mol. The fraction of sp³-hybridized carbons (Fsp3) is 0.0857.